The maximum absolute atomic E-state index is 13.4. The lowest BCUT2D eigenvalue weighted by Gasteiger charge is -2.32. The molecule has 5 rings (SSSR count). The zero-order chi connectivity index (χ0) is 23.3. The number of carbonyl (C=O) groups is 1. The first-order valence-corrected chi connectivity index (χ1v) is 10.4. The number of fused-ring (bicyclic) bond motifs is 2. The van der Waals surface area contributed by atoms with Gasteiger partial charge in [-0.2, -0.15) is 18.3 Å². The molecule has 1 aliphatic rings. The van der Waals surface area contributed by atoms with Gasteiger partial charge in [-0.1, -0.05) is 18.2 Å². The highest BCUT2D eigenvalue weighted by atomic mass is 19.4. The van der Waals surface area contributed by atoms with Crippen molar-refractivity contribution in [1.82, 2.24) is 29.3 Å². The summed E-state index contributed by atoms with van der Waals surface area (Å²) < 4.78 is 42.1. The topological polar surface area (TPSA) is 85.4 Å². The van der Waals surface area contributed by atoms with Crippen molar-refractivity contribution in [3.8, 4) is 0 Å². The van der Waals surface area contributed by atoms with Gasteiger partial charge in [0.1, 0.15) is 5.82 Å². The van der Waals surface area contributed by atoms with Crippen LogP contribution in [0.2, 0.25) is 0 Å². The maximum Gasteiger partial charge on any atom is 0.417 e. The molecular formula is C22H19F3N6O2. The molecule has 0 aliphatic carbocycles. The second-order valence-electron chi connectivity index (χ2n) is 8.12. The van der Waals surface area contributed by atoms with Gasteiger partial charge in [-0.25, -0.2) is 4.68 Å². The quantitative estimate of drug-likeness (QED) is 0.463. The number of rotatable bonds is 2. The molecule has 0 N–H and O–H groups in total. The number of piperidine rings is 1. The fourth-order valence-electron chi connectivity index (χ4n) is 4.33. The molecule has 11 heteroatoms. The Balaban J connectivity index is 1.49. The summed E-state index contributed by atoms with van der Waals surface area (Å²) >= 11 is 0. The number of carbonyl (C=O) groups excluding carboxylic acids is 1. The van der Waals surface area contributed by atoms with E-state index >= 15 is 0 Å². The Morgan fingerprint density at radius 2 is 1.85 bits per heavy atom. The van der Waals surface area contributed by atoms with Crippen molar-refractivity contribution in [2.45, 2.75) is 24.9 Å². The minimum absolute atomic E-state index is 0.166. The molecule has 3 aromatic heterocycles. The summed E-state index contributed by atoms with van der Waals surface area (Å²) in [6, 6.07) is 9.05. The van der Waals surface area contributed by atoms with Crippen LogP contribution in [-0.4, -0.2) is 48.3 Å². The van der Waals surface area contributed by atoms with Crippen LogP contribution in [0.3, 0.4) is 0 Å². The number of aromatic nitrogens is 5. The molecule has 1 fully saturated rings. The average molecular weight is 456 g/mol. The number of nitrogens with zero attached hydrogens (tertiary/aromatic N) is 6. The third kappa shape index (κ3) is 3.62. The predicted octanol–water partition coefficient (Wildman–Crippen LogP) is 3.01. The van der Waals surface area contributed by atoms with Crippen molar-refractivity contribution >= 4 is 22.3 Å². The van der Waals surface area contributed by atoms with E-state index in [2.05, 4.69) is 15.3 Å². The van der Waals surface area contributed by atoms with Crippen molar-refractivity contribution in [2.75, 3.05) is 13.1 Å². The fourth-order valence-corrected chi connectivity index (χ4v) is 4.33. The first-order valence-electron chi connectivity index (χ1n) is 10.4. The van der Waals surface area contributed by atoms with Gasteiger partial charge in [0.05, 0.1) is 10.9 Å². The Bertz CT molecular complexity index is 1440. The minimum atomic E-state index is -4.49. The molecular weight excluding hydrogens is 437 g/mol. The van der Waals surface area contributed by atoms with Crippen molar-refractivity contribution in [3.63, 3.8) is 0 Å². The van der Waals surface area contributed by atoms with Gasteiger partial charge in [-0.15, -0.1) is 10.2 Å². The van der Waals surface area contributed by atoms with Gasteiger partial charge in [-0.05, 0) is 31.0 Å². The molecule has 4 heterocycles. The number of pyridine rings is 1. The number of alkyl halides is 3. The van der Waals surface area contributed by atoms with Crippen LogP contribution < -0.4 is 5.56 Å². The molecule has 1 aromatic carbocycles. The molecule has 170 valence electrons. The number of aryl methyl sites for hydroxylation is 1. The van der Waals surface area contributed by atoms with Crippen molar-refractivity contribution in [1.29, 1.82) is 0 Å². The maximum atomic E-state index is 13.4. The second-order valence-corrected chi connectivity index (χ2v) is 8.12. The highest BCUT2D eigenvalue weighted by molar-refractivity contribution is 6.04. The summed E-state index contributed by atoms with van der Waals surface area (Å²) in [4.78, 5) is 27.4. The van der Waals surface area contributed by atoms with E-state index in [9.17, 15) is 22.8 Å². The van der Waals surface area contributed by atoms with Crippen LogP contribution in [0.25, 0.3) is 16.4 Å². The van der Waals surface area contributed by atoms with Gasteiger partial charge >= 0.3 is 6.18 Å². The van der Waals surface area contributed by atoms with Crippen LogP contribution in [0.15, 0.2) is 47.4 Å². The highest BCUT2D eigenvalue weighted by Crippen LogP contribution is 2.32. The number of hydrogen-bond donors (Lipinski definition) is 0. The normalized spacial score (nSPS) is 17.1. The van der Waals surface area contributed by atoms with Gasteiger partial charge in [0.2, 0.25) is 0 Å². The van der Waals surface area contributed by atoms with E-state index in [1.165, 1.54) is 17.5 Å². The standard InChI is InChI=1S/C22H19F3N6O2/c1-29-20(32)16-7-3-2-6-15(16)18(28-29)21(33)30-10-4-5-13(11-30)19-27-26-17-9-8-14(12-31(17)19)22(23,24)25/h2-3,6-9,12-13H,4-5,10-11H2,1H3/t13-/m0/s1. The molecule has 0 radical (unpaired) electrons. The summed E-state index contributed by atoms with van der Waals surface area (Å²) in [6.07, 6.45) is -2.19. The van der Waals surface area contributed by atoms with Gasteiger partial charge in [0, 0.05) is 37.6 Å². The summed E-state index contributed by atoms with van der Waals surface area (Å²) in [5.74, 6) is -0.247. The van der Waals surface area contributed by atoms with Gasteiger partial charge in [0.15, 0.2) is 11.3 Å². The van der Waals surface area contributed by atoms with E-state index in [1.54, 1.807) is 29.2 Å². The van der Waals surface area contributed by atoms with Gasteiger partial charge < -0.3 is 4.90 Å². The van der Waals surface area contributed by atoms with E-state index in [0.29, 0.717) is 41.6 Å². The number of amides is 1. The predicted molar refractivity (Wildman–Crippen MR) is 113 cm³/mol. The molecule has 1 saturated heterocycles. The van der Waals surface area contributed by atoms with Crippen LogP contribution in [0.4, 0.5) is 13.2 Å². The smallest absolute Gasteiger partial charge is 0.337 e. The third-order valence-corrected chi connectivity index (χ3v) is 5.99. The average Bonchev–Trinajstić information content (AvgIpc) is 3.24. The first kappa shape index (κ1) is 21.1. The number of hydrogen-bond acceptors (Lipinski definition) is 5. The third-order valence-electron chi connectivity index (χ3n) is 5.99. The van der Waals surface area contributed by atoms with Crippen molar-refractivity contribution in [3.05, 3.63) is 70.0 Å². The van der Waals surface area contributed by atoms with Crippen molar-refractivity contribution in [2.24, 2.45) is 7.05 Å². The molecule has 33 heavy (non-hydrogen) atoms. The lowest BCUT2D eigenvalue weighted by Crippen LogP contribution is -2.40. The largest absolute Gasteiger partial charge is 0.417 e. The van der Waals surface area contributed by atoms with Gasteiger partial charge in [0.25, 0.3) is 11.5 Å². The van der Waals surface area contributed by atoms with Crippen LogP contribution in [0, 0.1) is 0 Å². The summed E-state index contributed by atoms with van der Waals surface area (Å²) in [5.41, 5.74) is -0.610. The molecule has 8 nitrogen and oxygen atoms in total. The Labute approximate surface area is 185 Å². The van der Waals surface area contributed by atoms with E-state index in [4.69, 9.17) is 0 Å². The molecule has 1 atom stereocenters. The van der Waals surface area contributed by atoms with Crippen molar-refractivity contribution < 1.29 is 18.0 Å². The van der Waals surface area contributed by atoms with Crippen LogP contribution in [-0.2, 0) is 13.2 Å². The number of likely N-dealkylation sites (tertiary alicyclic amines) is 1. The fraction of sp³-hybridized carbons (Fsp3) is 0.318. The van der Waals surface area contributed by atoms with Crippen LogP contribution in [0.5, 0.6) is 0 Å². The second kappa shape index (κ2) is 7.68. The van der Waals surface area contributed by atoms with Crippen LogP contribution in [0.1, 0.15) is 40.6 Å². The minimum Gasteiger partial charge on any atom is -0.337 e. The lowest BCUT2D eigenvalue weighted by molar-refractivity contribution is -0.137. The molecule has 0 bridgehead atoms. The molecule has 1 amide bonds. The molecule has 0 unspecified atom stereocenters. The first-order chi connectivity index (χ1) is 15.7. The Morgan fingerprint density at radius 3 is 2.61 bits per heavy atom. The van der Waals surface area contributed by atoms with E-state index in [0.717, 1.165) is 16.9 Å². The monoisotopic (exact) mass is 456 g/mol. The van der Waals surface area contributed by atoms with E-state index < -0.39 is 11.7 Å². The molecule has 0 saturated carbocycles. The SMILES string of the molecule is Cn1nc(C(=O)N2CCC[C@H](c3nnc4ccc(C(F)(F)F)cn34)C2)c2ccccc2c1=O. The lowest BCUT2D eigenvalue weighted by atomic mass is 9.96. The van der Waals surface area contributed by atoms with Crippen LogP contribution >= 0.6 is 0 Å². The summed E-state index contributed by atoms with van der Waals surface area (Å²) in [5, 5.41) is 13.2. The zero-order valence-corrected chi connectivity index (χ0v) is 17.6. The number of benzene rings is 1. The molecule has 1 aliphatic heterocycles. The molecule has 4 aromatic rings. The molecule has 0 spiro atoms. The zero-order valence-electron chi connectivity index (χ0n) is 17.6. The Kier molecular flexibility index (Phi) is 4.91. The van der Waals surface area contributed by atoms with E-state index in [1.807, 2.05) is 0 Å². The highest BCUT2D eigenvalue weighted by Gasteiger charge is 2.33. The number of halogens is 3. The van der Waals surface area contributed by atoms with Gasteiger partial charge in [-0.3, -0.25) is 14.0 Å². The summed E-state index contributed by atoms with van der Waals surface area (Å²) in [7, 11) is 1.49. The summed E-state index contributed by atoms with van der Waals surface area (Å²) in [6.45, 7) is 0.730. The Hall–Kier alpha value is -3.76. The Morgan fingerprint density at radius 1 is 1.09 bits per heavy atom. The van der Waals surface area contributed by atoms with E-state index in [-0.39, 0.29) is 29.6 Å².